The second-order valence-corrected chi connectivity index (χ2v) is 7.94. The molecule has 174 valence electrons. The Hall–Kier alpha value is -4.11. The number of hydrogen-bond donors (Lipinski definition) is 1. The number of fused-ring (bicyclic) bond motifs is 2. The molecule has 4 aromatic rings. The van der Waals surface area contributed by atoms with E-state index >= 15 is 0 Å². The molecule has 0 saturated carbocycles. The first-order chi connectivity index (χ1) is 16.6. The van der Waals surface area contributed by atoms with Gasteiger partial charge in [0, 0.05) is 43.8 Å². The Morgan fingerprint density at radius 3 is 2.76 bits per heavy atom. The first-order valence-corrected chi connectivity index (χ1v) is 11.0. The summed E-state index contributed by atoms with van der Waals surface area (Å²) in [5.74, 6) is 0.949. The first kappa shape index (κ1) is 21.7. The number of nitrogens with one attached hydrogen (secondary N) is 1. The molecule has 2 aromatic heterocycles. The van der Waals surface area contributed by atoms with Gasteiger partial charge in [0.2, 0.25) is 12.7 Å². The predicted octanol–water partition coefficient (Wildman–Crippen LogP) is 3.27. The van der Waals surface area contributed by atoms with Crippen molar-refractivity contribution >= 4 is 22.6 Å². The van der Waals surface area contributed by atoms with E-state index in [0.29, 0.717) is 47.8 Å². The molecule has 1 N–H and O–H groups in total. The molecule has 9 nitrogen and oxygen atoms in total. The van der Waals surface area contributed by atoms with Crippen LogP contribution in [0.15, 0.2) is 65.8 Å². The lowest BCUT2D eigenvalue weighted by Gasteiger charge is -2.09. The number of nitrogens with zero attached hydrogens (tertiary/aromatic N) is 3. The minimum Gasteiger partial charge on any atom is -0.454 e. The molecule has 0 bridgehead atoms. The molecule has 0 atom stereocenters. The van der Waals surface area contributed by atoms with Crippen LogP contribution in [0.25, 0.3) is 22.2 Å². The highest BCUT2D eigenvalue weighted by Gasteiger charge is 2.19. The number of ether oxygens (including phenoxy) is 3. The Balaban J connectivity index is 1.48. The van der Waals surface area contributed by atoms with Gasteiger partial charge in [-0.3, -0.25) is 14.2 Å². The third kappa shape index (κ3) is 4.25. The van der Waals surface area contributed by atoms with Crippen molar-refractivity contribution < 1.29 is 19.0 Å². The second kappa shape index (κ2) is 9.40. The zero-order valence-electron chi connectivity index (χ0n) is 18.7. The fraction of sp³-hybridized carbons (Fsp3) is 0.240. The molecule has 1 amide bonds. The van der Waals surface area contributed by atoms with E-state index in [9.17, 15) is 9.59 Å². The molecule has 34 heavy (non-hydrogen) atoms. The SMILES string of the molecule is COCCCn1cnc2c(-c3ccccc3)cn(CC(=O)Nc3ccc4c(c3)OCO4)c2c1=O. The molecule has 0 fully saturated rings. The van der Waals surface area contributed by atoms with E-state index in [2.05, 4.69) is 10.3 Å². The maximum Gasteiger partial charge on any atom is 0.277 e. The highest BCUT2D eigenvalue weighted by Crippen LogP contribution is 2.34. The molecule has 1 aliphatic heterocycles. The lowest BCUT2D eigenvalue weighted by Crippen LogP contribution is -2.25. The van der Waals surface area contributed by atoms with Crippen molar-refractivity contribution in [1.82, 2.24) is 14.1 Å². The van der Waals surface area contributed by atoms with Crippen molar-refractivity contribution in [2.75, 3.05) is 25.8 Å². The summed E-state index contributed by atoms with van der Waals surface area (Å²) >= 11 is 0. The van der Waals surface area contributed by atoms with Gasteiger partial charge in [0.25, 0.3) is 5.56 Å². The van der Waals surface area contributed by atoms with E-state index < -0.39 is 0 Å². The smallest absolute Gasteiger partial charge is 0.277 e. The Morgan fingerprint density at radius 2 is 1.94 bits per heavy atom. The first-order valence-electron chi connectivity index (χ1n) is 11.0. The van der Waals surface area contributed by atoms with Gasteiger partial charge in [0.15, 0.2) is 11.5 Å². The second-order valence-electron chi connectivity index (χ2n) is 7.94. The quantitative estimate of drug-likeness (QED) is 0.406. The fourth-order valence-electron chi connectivity index (χ4n) is 4.04. The van der Waals surface area contributed by atoms with Crippen LogP contribution in [0, 0.1) is 0 Å². The maximum absolute atomic E-state index is 13.4. The van der Waals surface area contributed by atoms with Crippen LogP contribution in [0.1, 0.15) is 6.42 Å². The van der Waals surface area contributed by atoms with E-state index in [1.54, 1.807) is 40.8 Å². The summed E-state index contributed by atoms with van der Waals surface area (Å²) < 4.78 is 19.0. The van der Waals surface area contributed by atoms with E-state index in [1.165, 1.54) is 0 Å². The Bertz CT molecular complexity index is 1390. The van der Waals surface area contributed by atoms with Crippen LogP contribution >= 0.6 is 0 Å². The topological polar surface area (TPSA) is 96.6 Å². The average molecular weight is 460 g/mol. The molecule has 5 rings (SSSR count). The number of rotatable bonds is 8. The van der Waals surface area contributed by atoms with Crippen molar-refractivity contribution in [2.45, 2.75) is 19.5 Å². The zero-order valence-corrected chi connectivity index (χ0v) is 18.7. The van der Waals surface area contributed by atoms with Crippen molar-refractivity contribution in [2.24, 2.45) is 0 Å². The van der Waals surface area contributed by atoms with Crippen LogP contribution in [0.2, 0.25) is 0 Å². The molecule has 1 aliphatic rings. The Kier molecular flexibility index (Phi) is 6.01. The molecular formula is C25H24N4O5. The summed E-state index contributed by atoms with van der Waals surface area (Å²) in [6.07, 6.45) is 4.05. The third-order valence-corrected chi connectivity index (χ3v) is 5.64. The van der Waals surface area contributed by atoms with Crippen molar-refractivity contribution in [3.63, 3.8) is 0 Å². The fourth-order valence-corrected chi connectivity index (χ4v) is 4.04. The number of carbonyl (C=O) groups is 1. The van der Waals surface area contributed by atoms with Gasteiger partial charge >= 0.3 is 0 Å². The van der Waals surface area contributed by atoms with Crippen LogP contribution in [-0.4, -0.2) is 40.5 Å². The van der Waals surface area contributed by atoms with Crippen molar-refractivity contribution in [3.8, 4) is 22.6 Å². The summed E-state index contributed by atoms with van der Waals surface area (Å²) in [4.78, 5) is 30.9. The van der Waals surface area contributed by atoms with Crippen molar-refractivity contribution in [1.29, 1.82) is 0 Å². The van der Waals surface area contributed by atoms with Gasteiger partial charge in [0.05, 0.1) is 6.33 Å². The highest BCUT2D eigenvalue weighted by molar-refractivity contribution is 5.95. The molecule has 0 aliphatic carbocycles. The predicted molar refractivity (Wildman–Crippen MR) is 127 cm³/mol. The van der Waals surface area contributed by atoms with E-state index in [4.69, 9.17) is 14.2 Å². The largest absolute Gasteiger partial charge is 0.454 e. The van der Waals surface area contributed by atoms with Gasteiger partial charge in [-0.15, -0.1) is 0 Å². The summed E-state index contributed by atoms with van der Waals surface area (Å²) in [7, 11) is 1.63. The molecule has 9 heteroatoms. The van der Waals surface area contributed by atoms with Gasteiger partial charge in [-0.05, 0) is 24.1 Å². The number of aryl methyl sites for hydroxylation is 1. The number of carbonyl (C=O) groups excluding carboxylic acids is 1. The highest BCUT2D eigenvalue weighted by atomic mass is 16.7. The molecule has 2 aromatic carbocycles. The lowest BCUT2D eigenvalue weighted by molar-refractivity contribution is -0.116. The maximum atomic E-state index is 13.4. The van der Waals surface area contributed by atoms with Gasteiger partial charge < -0.3 is 24.1 Å². The van der Waals surface area contributed by atoms with Crippen LogP contribution in [0.3, 0.4) is 0 Å². The lowest BCUT2D eigenvalue weighted by atomic mass is 10.1. The Morgan fingerprint density at radius 1 is 1.12 bits per heavy atom. The monoisotopic (exact) mass is 460 g/mol. The molecular weight excluding hydrogens is 436 g/mol. The molecule has 0 radical (unpaired) electrons. The number of anilines is 1. The standard InChI is InChI=1S/C25H24N4O5/c1-32-11-5-10-28-15-26-23-19(17-6-3-2-4-7-17)13-29(24(23)25(28)31)14-22(30)27-18-8-9-20-21(12-18)34-16-33-20/h2-4,6-9,12-13,15H,5,10-11,14,16H2,1H3,(H,27,30). The van der Waals surface area contributed by atoms with E-state index in [0.717, 1.165) is 11.1 Å². The number of hydrogen-bond acceptors (Lipinski definition) is 6. The average Bonchev–Trinajstić information content (AvgIpc) is 3.46. The minimum atomic E-state index is -0.274. The van der Waals surface area contributed by atoms with Crippen LogP contribution in [0.5, 0.6) is 11.5 Å². The Labute approximate surface area is 195 Å². The summed E-state index contributed by atoms with van der Waals surface area (Å²) in [6.45, 7) is 1.13. The number of aromatic nitrogens is 3. The summed E-state index contributed by atoms with van der Waals surface area (Å²) in [5, 5.41) is 2.87. The van der Waals surface area contributed by atoms with Gasteiger partial charge in [0.1, 0.15) is 17.6 Å². The van der Waals surface area contributed by atoms with Crippen LogP contribution < -0.4 is 20.3 Å². The zero-order chi connectivity index (χ0) is 23.5. The normalized spacial score (nSPS) is 12.3. The van der Waals surface area contributed by atoms with Crippen molar-refractivity contribution in [3.05, 3.63) is 71.4 Å². The third-order valence-electron chi connectivity index (χ3n) is 5.64. The molecule has 3 heterocycles. The van der Waals surface area contributed by atoms with E-state index in [-0.39, 0.29) is 24.8 Å². The molecule has 0 unspecified atom stereocenters. The summed E-state index contributed by atoms with van der Waals surface area (Å²) in [5.41, 5.74) is 3.07. The van der Waals surface area contributed by atoms with Gasteiger partial charge in [-0.1, -0.05) is 30.3 Å². The van der Waals surface area contributed by atoms with Crippen LogP contribution in [-0.2, 0) is 22.6 Å². The van der Waals surface area contributed by atoms with Gasteiger partial charge in [-0.25, -0.2) is 4.98 Å². The number of amides is 1. The summed E-state index contributed by atoms with van der Waals surface area (Å²) in [6, 6.07) is 14.9. The minimum absolute atomic E-state index is 0.0449. The molecule has 0 spiro atoms. The van der Waals surface area contributed by atoms with Gasteiger partial charge in [-0.2, -0.15) is 0 Å². The number of benzene rings is 2. The molecule has 0 saturated heterocycles. The van der Waals surface area contributed by atoms with E-state index in [1.807, 2.05) is 36.5 Å². The van der Waals surface area contributed by atoms with Crippen LogP contribution in [0.4, 0.5) is 5.69 Å². The number of methoxy groups -OCH3 is 1.